The number of benzene rings is 1. The molecule has 0 radical (unpaired) electrons. The van der Waals surface area contributed by atoms with E-state index in [0.717, 1.165) is 22.6 Å². The molecular formula is C12H11ClN2O. The third-order valence-corrected chi connectivity index (χ3v) is 2.53. The van der Waals surface area contributed by atoms with Gasteiger partial charge in [-0.2, -0.15) is 5.10 Å². The molecule has 1 heterocycles. The summed E-state index contributed by atoms with van der Waals surface area (Å²) in [6.07, 6.45) is 0. The Kier molecular flexibility index (Phi) is 3.06. The molecular weight excluding hydrogens is 224 g/mol. The molecule has 82 valence electrons. The zero-order valence-electron chi connectivity index (χ0n) is 9.07. The second-order valence-corrected chi connectivity index (χ2v) is 3.78. The number of hydrogen-bond donors (Lipinski definition) is 0. The van der Waals surface area contributed by atoms with Crippen molar-refractivity contribution in [2.45, 2.75) is 6.92 Å². The van der Waals surface area contributed by atoms with Crippen LogP contribution in [0.3, 0.4) is 0 Å². The van der Waals surface area contributed by atoms with E-state index in [1.165, 1.54) is 0 Å². The lowest BCUT2D eigenvalue weighted by atomic mass is 10.1. The minimum atomic E-state index is 0.399. The van der Waals surface area contributed by atoms with Crippen LogP contribution in [0.1, 0.15) is 5.69 Å². The van der Waals surface area contributed by atoms with Crippen LogP contribution in [0.5, 0.6) is 5.75 Å². The van der Waals surface area contributed by atoms with Gasteiger partial charge in [0.1, 0.15) is 5.75 Å². The Morgan fingerprint density at radius 1 is 1.12 bits per heavy atom. The number of rotatable bonds is 2. The van der Waals surface area contributed by atoms with Crippen LogP contribution in [-0.4, -0.2) is 17.3 Å². The van der Waals surface area contributed by atoms with Crippen molar-refractivity contribution < 1.29 is 4.74 Å². The van der Waals surface area contributed by atoms with Gasteiger partial charge < -0.3 is 4.74 Å². The highest BCUT2D eigenvalue weighted by Gasteiger charge is 2.05. The van der Waals surface area contributed by atoms with Gasteiger partial charge in [-0.05, 0) is 30.7 Å². The van der Waals surface area contributed by atoms with Crippen LogP contribution in [0.2, 0.25) is 5.15 Å². The predicted octanol–water partition coefficient (Wildman–Crippen LogP) is 3.11. The average molecular weight is 235 g/mol. The summed E-state index contributed by atoms with van der Waals surface area (Å²) in [5.41, 5.74) is 2.90. The third-order valence-electron chi connectivity index (χ3n) is 2.35. The summed E-state index contributed by atoms with van der Waals surface area (Å²) in [6.45, 7) is 1.91. The molecule has 2 rings (SSSR count). The summed E-state index contributed by atoms with van der Waals surface area (Å²) in [6, 6.07) is 9.57. The highest BCUT2D eigenvalue weighted by molar-refractivity contribution is 6.29. The molecule has 0 bridgehead atoms. The van der Waals surface area contributed by atoms with Crippen LogP contribution in [0.4, 0.5) is 0 Å². The van der Waals surface area contributed by atoms with Crippen LogP contribution in [0, 0.1) is 6.92 Å². The molecule has 0 aliphatic rings. The fraction of sp³-hybridized carbons (Fsp3) is 0.167. The molecule has 0 N–H and O–H groups in total. The van der Waals surface area contributed by atoms with Crippen molar-refractivity contribution in [3.63, 3.8) is 0 Å². The van der Waals surface area contributed by atoms with E-state index in [1.54, 1.807) is 7.11 Å². The lowest BCUT2D eigenvalue weighted by Gasteiger charge is -2.06. The summed E-state index contributed by atoms with van der Waals surface area (Å²) in [5, 5.41) is 8.17. The highest BCUT2D eigenvalue weighted by atomic mass is 35.5. The molecule has 0 saturated carbocycles. The molecule has 0 unspecified atom stereocenters. The van der Waals surface area contributed by atoms with Crippen molar-refractivity contribution in [1.82, 2.24) is 10.2 Å². The van der Waals surface area contributed by atoms with Crippen molar-refractivity contribution in [3.05, 3.63) is 41.2 Å². The van der Waals surface area contributed by atoms with Crippen molar-refractivity contribution in [1.29, 1.82) is 0 Å². The largest absolute Gasteiger partial charge is 0.497 e. The molecule has 1 aromatic carbocycles. The standard InChI is InChI=1S/C12H11ClN2O/c1-8-11(7-12(13)15-14-8)9-3-5-10(16-2)6-4-9/h3-7H,1-2H3. The predicted molar refractivity (Wildman–Crippen MR) is 63.8 cm³/mol. The van der Waals surface area contributed by atoms with E-state index >= 15 is 0 Å². The molecule has 0 spiro atoms. The Morgan fingerprint density at radius 2 is 1.81 bits per heavy atom. The first kappa shape index (κ1) is 10.9. The van der Waals surface area contributed by atoms with Crippen LogP contribution in [0.15, 0.2) is 30.3 Å². The highest BCUT2D eigenvalue weighted by Crippen LogP contribution is 2.25. The number of ether oxygens (including phenoxy) is 1. The molecule has 0 aliphatic heterocycles. The van der Waals surface area contributed by atoms with Gasteiger partial charge in [-0.1, -0.05) is 23.7 Å². The fourth-order valence-electron chi connectivity index (χ4n) is 1.49. The monoisotopic (exact) mass is 234 g/mol. The van der Waals surface area contributed by atoms with Crippen LogP contribution >= 0.6 is 11.6 Å². The van der Waals surface area contributed by atoms with Gasteiger partial charge >= 0.3 is 0 Å². The normalized spacial score (nSPS) is 10.2. The number of nitrogens with zero attached hydrogens (tertiary/aromatic N) is 2. The summed E-state index contributed by atoms with van der Waals surface area (Å²) in [4.78, 5) is 0. The molecule has 0 saturated heterocycles. The summed E-state index contributed by atoms with van der Waals surface area (Å²) >= 11 is 5.83. The Hall–Kier alpha value is -1.61. The van der Waals surface area contributed by atoms with Gasteiger partial charge in [0.05, 0.1) is 12.8 Å². The van der Waals surface area contributed by atoms with E-state index in [-0.39, 0.29) is 0 Å². The van der Waals surface area contributed by atoms with Crippen LogP contribution < -0.4 is 4.74 Å². The Morgan fingerprint density at radius 3 is 2.44 bits per heavy atom. The van der Waals surface area contributed by atoms with E-state index in [1.807, 2.05) is 37.3 Å². The van der Waals surface area contributed by atoms with Crippen molar-refractivity contribution in [3.8, 4) is 16.9 Å². The number of methoxy groups -OCH3 is 1. The van der Waals surface area contributed by atoms with E-state index in [2.05, 4.69) is 10.2 Å². The van der Waals surface area contributed by atoms with Gasteiger partial charge in [0.2, 0.25) is 0 Å². The molecule has 16 heavy (non-hydrogen) atoms. The molecule has 4 heteroatoms. The first-order valence-electron chi connectivity index (χ1n) is 4.85. The zero-order chi connectivity index (χ0) is 11.5. The van der Waals surface area contributed by atoms with E-state index in [4.69, 9.17) is 16.3 Å². The van der Waals surface area contributed by atoms with Crippen LogP contribution in [0.25, 0.3) is 11.1 Å². The fourth-order valence-corrected chi connectivity index (χ4v) is 1.64. The lowest BCUT2D eigenvalue weighted by molar-refractivity contribution is 0.415. The minimum absolute atomic E-state index is 0.399. The molecule has 0 aliphatic carbocycles. The second-order valence-electron chi connectivity index (χ2n) is 3.39. The van der Waals surface area contributed by atoms with Crippen LogP contribution in [-0.2, 0) is 0 Å². The molecule has 0 atom stereocenters. The molecule has 1 aromatic heterocycles. The lowest BCUT2D eigenvalue weighted by Crippen LogP contribution is -1.91. The SMILES string of the molecule is COc1ccc(-c2cc(Cl)nnc2C)cc1. The molecule has 2 aromatic rings. The minimum Gasteiger partial charge on any atom is -0.497 e. The number of hydrogen-bond acceptors (Lipinski definition) is 3. The Balaban J connectivity index is 2.45. The zero-order valence-corrected chi connectivity index (χ0v) is 9.82. The topological polar surface area (TPSA) is 35.0 Å². The molecule has 3 nitrogen and oxygen atoms in total. The Labute approximate surface area is 99.0 Å². The van der Waals surface area contributed by atoms with Gasteiger partial charge in [-0.25, -0.2) is 0 Å². The third kappa shape index (κ3) is 2.14. The first-order valence-corrected chi connectivity index (χ1v) is 5.23. The van der Waals surface area contributed by atoms with Gasteiger partial charge in [-0.15, -0.1) is 5.10 Å². The van der Waals surface area contributed by atoms with Gasteiger partial charge in [0.25, 0.3) is 0 Å². The summed E-state index contributed by atoms with van der Waals surface area (Å²) in [5.74, 6) is 0.828. The van der Waals surface area contributed by atoms with E-state index < -0.39 is 0 Å². The van der Waals surface area contributed by atoms with Gasteiger partial charge in [0.15, 0.2) is 5.15 Å². The second kappa shape index (κ2) is 4.49. The van der Waals surface area contributed by atoms with Crippen molar-refractivity contribution in [2.24, 2.45) is 0 Å². The summed E-state index contributed by atoms with van der Waals surface area (Å²) < 4.78 is 5.10. The molecule has 0 amide bonds. The van der Waals surface area contributed by atoms with Gasteiger partial charge in [-0.3, -0.25) is 0 Å². The summed E-state index contributed by atoms with van der Waals surface area (Å²) in [7, 11) is 1.64. The quantitative estimate of drug-likeness (QED) is 0.801. The maximum atomic E-state index is 5.83. The smallest absolute Gasteiger partial charge is 0.152 e. The van der Waals surface area contributed by atoms with Crippen molar-refractivity contribution >= 4 is 11.6 Å². The average Bonchev–Trinajstić information content (AvgIpc) is 2.32. The Bertz CT molecular complexity index is 497. The van der Waals surface area contributed by atoms with Crippen molar-refractivity contribution in [2.75, 3.05) is 7.11 Å². The maximum absolute atomic E-state index is 5.83. The molecule has 0 fully saturated rings. The van der Waals surface area contributed by atoms with Gasteiger partial charge in [0, 0.05) is 5.56 Å². The van der Waals surface area contributed by atoms with E-state index in [9.17, 15) is 0 Å². The maximum Gasteiger partial charge on any atom is 0.152 e. The number of halogens is 1. The number of aryl methyl sites for hydroxylation is 1. The van der Waals surface area contributed by atoms with E-state index in [0.29, 0.717) is 5.15 Å². The number of aromatic nitrogens is 2. The first-order chi connectivity index (χ1) is 7.70.